The van der Waals surface area contributed by atoms with Crippen molar-refractivity contribution in [2.75, 3.05) is 13.2 Å². The lowest BCUT2D eigenvalue weighted by molar-refractivity contribution is 0.265. The van der Waals surface area contributed by atoms with E-state index in [2.05, 4.69) is 19.2 Å². The van der Waals surface area contributed by atoms with Crippen molar-refractivity contribution in [2.24, 2.45) is 0 Å². The molecule has 1 aromatic rings. The van der Waals surface area contributed by atoms with Crippen molar-refractivity contribution in [3.8, 4) is 5.75 Å². The molecule has 0 aromatic heterocycles. The number of aliphatic hydroxyl groups excluding tert-OH is 1. The van der Waals surface area contributed by atoms with Crippen molar-refractivity contribution in [1.29, 1.82) is 0 Å². The lowest BCUT2D eigenvalue weighted by atomic mass is 10.2. The van der Waals surface area contributed by atoms with E-state index >= 15 is 0 Å². The first-order valence-electron chi connectivity index (χ1n) is 6.89. The van der Waals surface area contributed by atoms with Crippen LogP contribution >= 0.6 is 11.6 Å². The standard InChI is InChI=1S/C15H24ClNO2/c1-12(2)17-11-13-14(16)7-6-8-15(13)19-10-5-3-4-9-18/h6-8,12,17-18H,3-5,9-11H2,1-2H3. The van der Waals surface area contributed by atoms with Crippen LogP contribution < -0.4 is 10.1 Å². The van der Waals surface area contributed by atoms with Gasteiger partial charge in [-0.2, -0.15) is 0 Å². The zero-order chi connectivity index (χ0) is 14.1. The predicted molar refractivity (Wildman–Crippen MR) is 79.9 cm³/mol. The Labute approximate surface area is 120 Å². The number of unbranched alkanes of at least 4 members (excludes halogenated alkanes) is 2. The van der Waals surface area contributed by atoms with Gasteiger partial charge in [-0.3, -0.25) is 0 Å². The van der Waals surface area contributed by atoms with Gasteiger partial charge in [0.15, 0.2) is 0 Å². The fourth-order valence-electron chi connectivity index (χ4n) is 1.72. The maximum absolute atomic E-state index is 8.72. The second kappa shape index (κ2) is 9.18. The Hall–Kier alpha value is -0.770. The molecular weight excluding hydrogens is 262 g/mol. The van der Waals surface area contributed by atoms with Crippen LogP contribution in [-0.2, 0) is 6.54 Å². The third-order valence-electron chi connectivity index (χ3n) is 2.82. The molecule has 1 rings (SSSR count). The molecule has 0 amide bonds. The summed E-state index contributed by atoms with van der Waals surface area (Å²) in [5, 5.41) is 12.8. The van der Waals surface area contributed by atoms with Gasteiger partial charge in [0.1, 0.15) is 5.75 Å². The van der Waals surface area contributed by atoms with Gasteiger partial charge in [-0.1, -0.05) is 31.5 Å². The second-order valence-corrected chi connectivity index (χ2v) is 5.29. The number of ether oxygens (including phenoxy) is 1. The summed E-state index contributed by atoms with van der Waals surface area (Å²) in [5.74, 6) is 0.852. The van der Waals surface area contributed by atoms with E-state index in [1.165, 1.54) is 0 Å². The van der Waals surface area contributed by atoms with Crippen molar-refractivity contribution in [1.82, 2.24) is 5.32 Å². The molecule has 108 valence electrons. The van der Waals surface area contributed by atoms with Crippen LogP contribution in [0.3, 0.4) is 0 Å². The van der Waals surface area contributed by atoms with Crippen LogP contribution in [-0.4, -0.2) is 24.4 Å². The molecule has 0 aliphatic carbocycles. The van der Waals surface area contributed by atoms with E-state index in [1.807, 2.05) is 18.2 Å². The Balaban J connectivity index is 2.53. The molecule has 0 radical (unpaired) electrons. The third-order valence-corrected chi connectivity index (χ3v) is 3.18. The monoisotopic (exact) mass is 285 g/mol. The number of halogens is 1. The molecule has 0 unspecified atom stereocenters. The molecule has 0 aliphatic heterocycles. The third kappa shape index (κ3) is 6.28. The van der Waals surface area contributed by atoms with E-state index in [4.69, 9.17) is 21.4 Å². The maximum Gasteiger partial charge on any atom is 0.125 e. The van der Waals surface area contributed by atoms with Crippen LogP contribution in [0.15, 0.2) is 18.2 Å². The fourth-order valence-corrected chi connectivity index (χ4v) is 1.96. The lowest BCUT2D eigenvalue weighted by Gasteiger charge is -2.15. The van der Waals surface area contributed by atoms with Crippen molar-refractivity contribution in [3.05, 3.63) is 28.8 Å². The molecule has 0 saturated heterocycles. The molecule has 0 aliphatic rings. The number of aliphatic hydroxyl groups is 1. The molecule has 0 heterocycles. The highest BCUT2D eigenvalue weighted by atomic mass is 35.5. The van der Waals surface area contributed by atoms with Crippen molar-refractivity contribution >= 4 is 11.6 Å². The number of benzene rings is 1. The van der Waals surface area contributed by atoms with Crippen LogP contribution in [0.2, 0.25) is 5.02 Å². The molecule has 4 heteroatoms. The largest absolute Gasteiger partial charge is 0.493 e. The molecule has 0 atom stereocenters. The van der Waals surface area contributed by atoms with Crippen molar-refractivity contribution < 1.29 is 9.84 Å². The summed E-state index contributed by atoms with van der Waals surface area (Å²) in [7, 11) is 0. The Morgan fingerprint density at radius 3 is 2.74 bits per heavy atom. The van der Waals surface area contributed by atoms with Gasteiger partial charge in [0, 0.05) is 29.8 Å². The minimum atomic E-state index is 0.251. The number of nitrogens with one attached hydrogen (secondary N) is 1. The first-order valence-corrected chi connectivity index (χ1v) is 7.27. The average Bonchev–Trinajstić information content (AvgIpc) is 2.37. The molecule has 0 spiro atoms. The highest BCUT2D eigenvalue weighted by Crippen LogP contribution is 2.26. The molecule has 0 fully saturated rings. The van der Waals surface area contributed by atoms with E-state index in [0.717, 1.165) is 35.6 Å². The summed E-state index contributed by atoms with van der Waals surface area (Å²) in [5.41, 5.74) is 1.01. The van der Waals surface area contributed by atoms with E-state index in [-0.39, 0.29) is 6.61 Å². The first kappa shape index (κ1) is 16.3. The number of hydrogen-bond donors (Lipinski definition) is 2. The van der Waals surface area contributed by atoms with Gasteiger partial charge in [0.05, 0.1) is 6.61 Å². The summed E-state index contributed by atoms with van der Waals surface area (Å²) in [4.78, 5) is 0. The highest BCUT2D eigenvalue weighted by Gasteiger charge is 2.08. The molecule has 0 bridgehead atoms. The van der Waals surface area contributed by atoms with Gasteiger partial charge >= 0.3 is 0 Å². The van der Waals surface area contributed by atoms with E-state index < -0.39 is 0 Å². The van der Waals surface area contributed by atoms with Crippen molar-refractivity contribution in [3.63, 3.8) is 0 Å². The normalized spacial score (nSPS) is 11.0. The SMILES string of the molecule is CC(C)NCc1c(Cl)cccc1OCCCCCO. The highest BCUT2D eigenvalue weighted by molar-refractivity contribution is 6.31. The van der Waals surface area contributed by atoms with Gasteiger partial charge in [-0.05, 0) is 31.4 Å². The number of hydrogen-bond acceptors (Lipinski definition) is 3. The van der Waals surface area contributed by atoms with Gasteiger partial charge in [-0.25, -0.2) is 0 Å². The van der Waals surface area contributed by atoms with Gasteiger partial charge < -0.3 is 15.2 Å². The smallest absolute Gasteiger partial charge is 0.125 e. The molecule has 1 aromatic carbocycles. The van der Waals surface area contributed by atoms with Crippen LogP contribution in [0, 0.1) is 0 Å². The van der Waals surface area contributed by atoms with E-state index in [9.17, 15) is 0 Å². The number of rotatable bonds is 9. The molecule has 2 N–H and O–H groups in total. The van der Waals surface area contributed by atoms with Gasteiger partial charge in [0.25, 0.3) is 0 Å². The zero-order valence-corrected chi connectivity index (χ0v) is 12.5. The van der Waals surface area contributed by atoms with E-state index in [0.29, 0.717) is 19.2 Å². The van der Waals surface area contributed by atoms with Crippen LogP contribution in [0.5, 0.6) is 5.75 Å². The van der Waals surface area contributed by atoms with Crippen molar-refractivity contribution in [2.45, 2.75) is 45.7 Å². The molecule has 19 heavy (non-hydrogen) atoms. The van der Waals surface area contributed by atoms with Crippen LogP contribution in [0.25, 0.3) is 0 Å². The van der Waals surface area contributed by atoms with Crippen LogP contribution in [0.4, 0.5) is 0 Å². The Kier molecular flexibility index (Phi) is 7.87. The molecular formula is C15H24ClNO2. The van der Waals surface area contributed by atoms with E-state index in [1.54, 1.807) is 0 Å². The summed E-state index contributed by atoms with van der Waals surface area (Å²) in [6.07, 6.45) is 2.77. The summed E-state index contributed by atoms with van der Waals surface area (Å²) in [6, 6.07) is 6.16. The quantitative estimate of drug-likeness (QED) is 0.684. The van der Waals surface area contributed by atoms with Gasteiger partial charge in [0.2, 0.25) is 0 Å². The predicted octanol–water partition coefficient (Wildman–Crippen LogP) is 3.38. The fraction of sp³-hybridized carbons (Fsp3) is 0.600. The summed E-state index contributed by atoms with van der Waals surface area (Å²) >= 11 is 6.22. The lowest BCUT2D eigenvalue weighted by Crippen LogP contribution is -2.22. The average molecular weight is 286 g/mol. The first-order chi connectivity index (χ1) is 9.15. The topological polar surface area (TPSA) is 41.5 Å². The Morgan fingerprint density at radius 2 is 2.05 bits per heavy atom. The van der Waals surface area contributed by atoms with Gasteiger partial charge in [-0.15, -0.1) is 0 Å². The van der Waals surface area contributed by atoms with Crippen LogP contribution in [0.1, 0.15) is 38.7 Å². The zero-order valence-electron chi connectivity index (χ0n) is 11.8. The molecule has 3 nitrogen and oxygen atoms in total. The summed E-state index contributed by atoms with van der Waals surface area (Å²) in [6.45, 7) is 5.83. The minimum Gasteiger partial charge on any atom is -0.493 e. The Morgan fingerprint density at radius 1 is 1.26 bits per heavy atom. The minimum absolute atomic E-state index is 0.251. The molecule has 0 saturated carbocycles. The summed E-state index contributed by atoms with van der Waals surface area (Å²) < 4.78 is 5.79. The maximum atomic E-state index is 8.72. The Bertz CT molecular complexity index is 369. The second-order valence-electron chi connectivity index (χ2n) is 4.88.